The molecule has 0 bridgehead atoms. The van der Waals surface area contributed by atoms with Crippen LogP contribution < -0.4 is 10.7 Å². The van der Waals surface area contributed by atoms with Gasteiger partial charge in [-0.25, -0.2) is 0 Å². The van der Waals surface area contributed by atoms with Crippen LogP contribution in [0.25, 0.3) is 0 Å². The molecule has 0 aliphatic heterocycles. The Balaban J connectivity index is 1.58. The standard InChI is InChI=1S/C19H27N3S/c23-19(20-16-11-5-2-6-12-16)22-21-18-14-8-7-13-17(18)15-9-3-1-4-10-15/h2,5-6,11-12,15,17H,1,3-4,7-10,13-14H2,(H2,20,22,23)/b21-18-/t17-/m0/s1. The summed E-state index contributed by atoms with van der Waals surface area (Å²) in [6.07, 6.45) is 12.0. The van der Waals surface area contributed by atoms with Gasteiger partial charge in [0.1, 0.15) is 0 Å². The van der Waals surface area contributed by atoms with Crippen molar-refractivity contribution < 1.29 is 0 Å². The summed E-state index contributed by atoms with van der Waals surface area (Å²) in [6.45, 7) is 0. The van der Waals surface area contributed by atoms with Crippen molar-refractivity contribution in [3.8, 4) is 0 Å². The Morgan fingerprint density at radius 2 is 1.70 bits per heavy atom. The Kier molecular flexibility index (Phi) is 6.03. The number of nitrogens with one attached hydrogen (secondary N) is 2. The Morgan fingerprint density at radius 3 is 2.48 bits per heavy atom. The first-order chi connectivity index (χ1) is 11.3. The number of hydrazone groups is 1. The summed E-state index contributed by atoms with van der Waals surface area (Å²) in [5.74, 6) is 1.52. The Morgan fingerprint density at radius 1 is 0.957 bits per heavy atom. The van der Waals surface area contributed by atoms with Gasteiger partial charge in [-0.2, -0.15) is 5.10 Å². The van der Waals surface area contributed by atoms with Gasteiger partial charge in [0.2, 0.25) is 0 Å². The van der Waals surface area contributed by atoms with Gasteiger partial charge in [-0.3, -0.25) is 5.43 Å². The van der Waals surface area contributed by atoms with E-state index in [0.29, 0.717) is 11.0 Å². The van der Waals surface area contributed by atoms with Crippen LogP contribution in [0.2, 0.25) is 0 Å². The van der Waals surface area contributed by atoms with Gasteiger partial charge in [0.15, 0.2) is 5.11 Å². The minimum Gasteiger partial charge on any atom is -0.331 e. The van der Waals surface area contributed by atoms with Gasteiger partial charge in [-0.1, -0.05) is 43.9 Å². The molecular weight excluding hydrogens is 302 g/mol. The van der Waals surface area contributed by atoms with E-state index < -0.39 is 0 Å². The highest BCUT2D eigenvalue weighted by atomic mass is 32.1. The molecule has 2 aliphatic carbocycles. The summed E-state index contributed by atoms with van der Waals surface area (Å²) in [5, 5.41) is 8.47. The highest BCUT2D eigenvalue weighted by Gasteiger charge is 2.29. The van der Waals surface area contributed by atoms with Gasteiger partial charge < -0.3 is 5.32 Å². The molecule has 3 nitrogen and oxygen atoms in total. The molecule has 2 aliphatic rings. The fourth-order valence-electron chi connectivity index (χ4n) is 4.01. The van der Waals surface area contributed by atoms with Crippen LogP contribution in [0.3, 0.4) is 0 Å². The molecule has 0 saturated heterocycles. The van der Waals surface area contributed by atoms with Crippen LogP contribution in [0.15, 0.2) is 35.4 Å². The lowest BCUT2D eigenvalue weighted by Gasteiger charge is -2.34. The highest BCUT2D eigenvalue weighted by molar-refractivity contribution is 7.80. The molecule has 0 heterocycles. The second kappa shape index (κ2) is 8.44. The molecule has 2 saturated carbocycles. The Labute approximate surface area is 144 Å². The minimum atomic E-state index is 0.580. The maximum atomic E-state index is 5.37. The van der Waals surface area contributed by atoms with E-state index in [9.17, 15) is 0 Å². The zero-order chi connectivity index (χ0) is 15.9. The van der Waals surface area contributed by atoms with Crippen LogP contribution in [0.5, 0.6) is 0 Å². The molecule has 2 N–H and O–H groups in total. The van der Waals surface area contributed by atoms with E-state index >= 15 is 0 Å². The number of rotatable bonds is 3. The first kappa shape index (κ1) is 16.4. The second-order valence-electron chi connectivity index (χ2n) is 6.79. The molecule has 1 aromatic carbocycles. The lowest BCUT2D eigenvalue weighted by molar-refractivity contribution is 0.274. The van der Waals surface area contributed by atoms with E-state index in [1.807, 2.05) is 30.3 Å². The second-order valence-corrected chi connectivity index (χ2v) is 7.19. The highest BCUT2D eigenvalue weighted by Crippen LogP contribution is 2.36. The van der Waals surface area contributed by atoms with Crippen molar-refractivity contribution in [1.82, 2.24) is 5.43 Å². The maximum Gasteiger partial charge on any atom is 0.191 e. The molecule has 124 valence electrons. The molecular formula is C19H27N3S. The molecule has 0 radical (unpaired) electrons. The number of thiocarbonyl (C=S) groups is 1. The molecule has 1 atom stereocenters. The number of nitrogens with zero attached hydrogens (tertiary/aromatic N) is 1. The van der Waals surface area contributed by atoms with E-state index in [2.05, 4.69) is 10.7 Å². The van der Waals surface area contributed by atoms with Crippen molar-refractivity contribution in [2.24, 2.45) is 16.9 Å². The van der Waals surface area contributed by atoms with Gasteiger partial charge >= 0.3 is 0 Å². The first-order valence-corrected chi connectivity index (χ1v) is 9.42. The zero-order valence-electron chi connectivity index (χ0n) is 13.8. The predicted molar refractivity (Wildman–Crippen MR) is 102 cm³/mol. The van der Waals surface area contributed by atoms with E-state index in [-0.39, 0.29) is 0 Å². The molecule has 4 heteroatoms. The maximum absolute atomic E-state index is 5.37. The van der Waals surface area contributed by atoms with Gasteiger partial charge in [0, 0.05) is 17.3 Å². The number of hydrogen-bond donors (Lipinski definition) is 2. The van der Waals surface area contributed by atoms with Crippen LogP contribution in [-0.2, 0) is 0 Å². The predicted octanol–water partition coefficient (Wildman–Crippen LogP) is 5.10. The monoisotopic (exact) mass is 329 g/mol. The molecule has 0 aromatic heterocycles. The summed E-state index contributed by atoms with van der Waals surface area (Å²) >= 11 is 5.37. The van der Waals surface area contributed by atoms with Crippen LogP contribution >= 0.6 is 12.2 Å². The van der Waals surface area contributed by atoms with Crippen molar-refractivity contribution in [3.05, 3.63) is 30.3 Å². The normalized spacial score (nSPS) is 24.3. The number of benzene rings is 1. The van der Waals surface area contributed by atoms with Crippen molar-refractivity contribution >= 4 is 28.7 Å². The minimum absolute atomic E-state index is 0.580. The summed E-state index contributed by atoms with van der Waals surface area (Å²) < 4.78 is 0. The van der Waals surface area contributed by atoms with Crippen LogP contribution in [0.1, 0.15) is 57.8 Å². The quantitative estimate of drug-likeness (QED) is 0.598. The lowest BCUT2D eigenvalue weighted by atomic mass is 9.72. The van der Waals surface area contributed by atoms with Crippen LogP contribution in [0.4, 0.5) is 5.69 Å². The molecule has 0 unspecified atom stereocenters. The number of hydrogen-bond acceptors (Lipinski definition) is 2. The third-order valence-electron chi connectivity index (χ3n) is 5.18. The Hall–Kier alpha value is -1.42. The average Bonchev–Trinajstić information content (AvgIpc) is 2.62. The molecule has 2 fully saturated rings. The average molecular weight is 330 g/mol. The molecule has 0 amide bonds. The van der Waals surface area contributed by atoms with E-state index in [1.54, 1.807) is 0 Å². The van der Waals surface area contributed by atoms with E-state index in [1.165, 1.54) is 57.1 Å². The summed E-state index contributed by atoms with van der Waals surface area (Å²) in [7, 11) is 0. The zero-order valence-corrected chi connectivity index (χ0v) is 14.6. The van der Waals surface area contributed by atoms with Gasteiger partial charge in [-0.15, -0.1) is 0 Å². The SMILES string of the molecule is S=C(N/N=C1/CCCC[C@H]1C1CCCCC1)Nc1ccccc1. The molecule has 3 rings (SSSR count). The summed E-state index contributed by atoms with van der Waals surface area (Å²) in [4.78, 5) is 0. The number of para-hydroxylation sites is 1. The van der Waals surface area contributed by atoms with Crippen molar-refractivity contribution in [3.63, 3.8) is 0 Å². The van der Waals surface area contributed by atoms with Crippen LogP contribution in [-0.4, -0.2) is 10.8 Å². The van der Waals surface area contributed by atoms with Gasteiger partial charge in [-0.05, 0) is 62.4 Å². The summed E-state index contributed by atoms with van der Waals surface area (Å²) in [5.41, 5.74) is 5.42. The van der Waals surface area contributed by atoms with Crippen LogP contribution in [0, 0.1) is 11.8 Å². The molecule has 0 spiro atoms. The fourth-order valence-corrected chi connectivity index (χ4v) is 4.17. The van der Waals surface area contributed by atoms with E-state index in [0.717, 1.165) is 18.0 Å². The smallest absolute Gasteiger partial charge is 0.191 e. The lowest BCUT2D eigenvalue weighted by Crippen LogP contribution is -2.32. The largest absolute Gasteiger partial charge is 0.331 e. The Bertz CT molecular complexity index is 535. The van der Waals surface area contributed by atoms with Crippen molar-refractivity contribution in [2.75, 3.05) is 5.32 Å². The first-order valence-electron chi connectivity index (χ1n) is 9.01. The van der Waals surface area contributed by atoms with E-state index in [4.69, 9.17) is 17.3 Å². The fraction of sp³-hybridized carbons (Fsp3) is 0.579. The van der Waals surface area contributed by atoms with Gasteiger partial charge in [0.25, 0.3) is 0 Å². The third kappa shape index (κ3) is 4.77. The summed E-state index contributed by atoms with van der Waals surface area (Å²) in [6, 6.07) is 10.0. The number of anilines is 1. The van der Waals surface area contributed by atoms with Gasteiger partial charge in [0.05, 0.1) is 0 Å². The third-order valence-corrected chi connectivity index (χ3v) is 5.37. The molecule has 1 aromatic rings. The topological polar surface area (TPSA) is 36.4 Å². The molecule has 23 heavy (non-hydrogen) atoms. The van der Waals surface area contributed by atoms with Crippen molar-refractivity contribution in [1.29, 1.82) is 0 Å². The van der Waals surface area contributed by atoms with Crippen molar-refractivity contribution in [2.45, 2.75) is 57.8 Å².